The number of likely N-dealkylation sites (tertiary alicyclic amines) is 1. The molecule has 4 atom stereocenters. The summed E-state index contributed by atoms with van der Waals surface area (Å²) >= 11 is 0. The molecule has 4 aliphatic rings. The van der Waals surface area contributed by atoms with Gasteiger partial charge < -0.3 is 19.1 Å². The average molecular weight is 342 g/mol. The molecular formula is C19H22N2O4. The van der Waals surface area contributed by atoms with Crippen LogP contribution in [0.4, 0.5) is 0 Å². The van der Waals surface area contributed by atoms with Crippen LogP contribution in [0.1, 0.15) is 17.5 Å². The minimum Gasteiger partial charge on any atom is -0.454 e. The van der Waals surface area contributed by atoms with Crippen LogP contribution < -0.4 is 9.47 Å². The van der Waals surface area contributed by atoms with Gasteiger partial charge in [0.25, 0.3) is 0 Å². The van der Waals surface area contributed by atoms with Crippen molar-refractivity contribution in [2.24, 2.45) is 0 Å². The van der Waals surface area contributed by atoms with Crippen LogP contribution in [0.3, 0.4) is 0 Å². The smallest absolute Gasteiger partial charge is 0.241 e. The monoisotopic (exact) mass is 342 g/mol. The molecule has 0 aromatic heterocycles. The molecule has 0 saturated carbocycles. The second kappa shape index (κ2) is 4.99. The van der Waals surface area contributed by atoms with E-state index in [1.165, 1.54) is 11.1 Å². The maximum atomic E-state index is 13.1. The van der Waals surface area contributed by atoms with E-state index >= 15 is 0 Å². The molecule has 25 heavy (non-hydrogen) atoms. The summed E-state index contributed by atoms with van der Waals surface area (Å²) in [6.45, 7) is 0.987. The first-order valence-corrected chi connectivity index (χ1v) is 8.68. The van der Waals surface area contributed by atoms with Crippen LogP contribution in [0, 0.1) is 0 Å². The Kier molecular flexibility index (Phi) is 3.04. The number of benzene rings is 1. The number of carbonyl (C=O) groups is 1. The molecule has 1 saturated heterocycles. The van der Waals surface area contributed by atoms with E-state index in [2.05, 4.69) is 29.2 Å². The summed E-state index contributed by atoms with van der Waals surface area (Å²) in [5, 5.41) is 0. The molecule has 3 aliphatic heterocycles. The first-order valence-electron chi connectivity index (χ1n) is 8.68. The Labute approximate surface area is 146 Å². The highest BCUT2D eigenvalue weighted by molar-refractivity contribution is 5.89. The van der Waals surface area contributed by atoms with E-state index in [1.54, 1.807) is 7.11 Å². The Morgan fingerprint density at radius 1 is 1.24 bits per heavy atom. The van der Waals surface area contributed by atoms with Crippen molar-refractivity contribution in [2.45, 2.75) is 36.6 Å². The first kappa shape index (κ1) is 15.2. The Morgan fingerprint density at radius 3 is 2.76 bits per heavy atom. The quantitative estimate of drug-likeness (QED) is 0.720. The van der Waals surface area contributed by atoms with Gasteiger partial charge in [0, 0.05) is 26.7 Å². The van der Waals surface area contributed by atoms with Gasteiger partial charge in [-0.1, -0.05) is 12.2 Å². The number of hydrogen-bond donors (Lipinski definition) is 0. The Bertz CT molecular complexity index is 792. The lowest BCUT2D eigenvalue weighted by Crippen LogP contribution is -2.56. The third-order valence-electron chi connectivity index (χ3n) is 6.32. The van der Waals surface area contributed by atoms with E-state index in [-0.39, 0.29) is 36.3 Å². The highest BCUT2D eigenvalue weighted by Gasteiger charge is 2.62. The number of rotatable bonds is 1. The number of nitrogens with zero attached hydrogens (tertiary/aromatic N) is 2. The van der Waals surface area contributed by atoms with E-state index in [0.29, 0.717) is 0 Å². The molecular weight excluding hydrogens is 320 g/mol. The fourth-order valence-electron chi connectivity index (χ4n) is 5.20. The topological polar surface area (TPSA) is 51.2 Å². The molecule has 1 aromatic rings. The molecule has 0 unspecified atom stereocenters. The van der Waals surface area contributed by atoms with Gasteiger partial charge in [-0.05, 0) is 36.7 Å². The normalized spacial score (nSPS) is 35.6. The number of fused-ring (bicyclic) bond motifs is 2. The number of amides is 1. The van der Waals surface area contributed by atoms with E-state index in [0.717, 1.165) is 24.5 Å². The predicted octanol–water partition coefficient (Wildman–Crippen LogP) is 1.28. The van der Waals surface area contributed by atoms with Gasteiger partial charge in [0.05, 0.1) is 11.5 Å². The summed E-state index contributed by atoms with van der Waals surface area (Å²) in [4.78, 5) is 17.2. The maximum absolute atomic E-state index is 13.1. The second-order valence-electron chi connectivity index (χ2n) is 7.45. The fourth-order valence-corrected chi connectivity index (χ4v) is 5.20. The molecule has 0 bridgehead atoms. The SMILES string of the molecule is CO[C@H]1C=C[C@@]23c4cc5c(cc4CN(C)[C@@H]2C(=O)N(C)[C@H]3C1)OCO5. The molecule has 0 radical (unpaired) electrons. The summed E-state index contributed by atoms with van der Waals surface area (Å²) < 4.78 is 16.8. The van der Waals surface area contributed by atoms with Gasteiger partial charge >= 0.3 is 0 Å². The van der Waals surface area contributed by atoms with Gasteiger partial charge in [-0.25, -0.2) is 0 Å². The Hall–Kier alpha value is -2.05. The van der Waals surface area contributed by atoms with Crippen molar-refractivity contribution >= 4 is 5.91 Å². The van der Waals surface area contributed by atoms with Crippen LogP contribution >= 0.6 is 0 Å². The molecule has 1 aromatic carbocycles. The van der Waals surface area contributed by atoms with Crippen molar-refractivity contribution in [3.05, 3.63) is 35.4 Å². The molecule has 6 heteroatoms. The lowest BCUT2D eigenvalue weighted by molar-refractivity contribution is -0.132. The van der Waals surface area contributed by atoms with Crippen molar-refractivity contribution in [1.29, 1.82) is 0 Å². The van der Waals surface area contributed by atoms with Crippen LogP contribution in [-0.2, 0) is 21.5 Å². The summed E-state index contributed by atoms with van der Waals surface area (Å²) in [7, 11) is 5.67. The van der Waals surface area contributed by atoms with Crippen molar-refractivity contribution in [3.63, 3.8) is 0 Å². The van der Waals surface area contributed by atoms with E-state index in [4.69, 9.17) is 14.2 Å². The van der Waals surface area contributed by atoms with Crippen molar-refractivity contribution < 1.29 is 19.0 Å². The van der Waals surface area contributed by atoms with Gasteiger partial charge in [0.1, 0.15) is 6.04 Å². The van der Waals surface area contributed by atoms with Gasteiger partial charge in [0.2, 0.25) is 12.7 Å². The summed E-state index contributed by atoms with van der Waals surface area (Å²) in [5.74, 6) is 1.75. The number of methoxy groups -OCH3 is 1. The summed E-state index contributed by atoms with van der Waals surface area (Å²) in [5.41, 5.74) is 2.02. The van der Waals surface area contributed by atoms with E-state index in [9.17, 15) is 4.79 Å². The molecule has 6 nitrogen and oxygen atoms in total. The number of ether oxygens (including phenoxy) is 3. The van der Waals surface area contributed by atoms with Gasteiger partial charge in [-0.3, -0.25) is 9.69 Å². The largest absolute Gasteiger partial charge is 0.454 e. The minimum absolute atomic E-state index is 0.0364. The molecule has 1 spiro atoms. The zero-order chi connectivity index (χ0) is 17.3. The van der Waals surface area contributed by atoms with Crippen LogP contribution in [0.2, 0.25) is 0 Å². The van der Waals surface area contributed by atoms with Gasteiger partial charge in [-0.2, -0.15) is 0 Å². The molecule has 3 heterocycles. The lowest BCUT2D eigenvalue weighted by atomic mass is 9.63. The highest BCUT2D eigenvalue weighted by atomic mass is 16.7. The van der Waals surface area contributed by atoms with Crippen molar-refractivity contribution in [1.82, 2.24) is 9.80 Å². The number of carbonyl (C=O) groups excluding carboxylic acids is 1. The van der Waals surface area contributed by atoms with Gasteiger partial charge in [-0.15, -0.1) is 0 Å². The standard InChI is InChI=1S/C19H22N2O4/c1-20-9-11-6-14-15(25-10-24-14)8-13(11)19-5-4-12(23-3)7-16(19)21(2)18(22)17(19)20/h4-6,8,12,16-17H,7,9-10H2,1-3H3/t12-,16-,17+,19-/m0/s1. The molecule has 0 N–H and O–H groups in total. The Balaban J connectivity index is 1.76. The van der Waals surface area contributed by atoms with Crippen molar-refractivity contribution in [3.8, 4) is 11.5 Å². The van der Waals surface area contributed by atoms with E-state index in [1.807, 2.05) is 19.0 Å². The zero-order valence-corrected chi connectivity index (χ0v) is 14.7. The number of hydrogen-bond acceptors (Lipinski definition) is 5. The third kappa shape index (κ3) is 1.79. The van der Waals surface area contributed by atoms with Crippen LogP contribution in [0.15, 0.2) is 24.3 Å². The third-order valence-corrected chi connectivity index (χ3v) is 6.32. The lowest BCUT2D eigenvalue weighted by Gasteiger charge is -2.47. The maximum Gasteiger partial charge on any atom is 0.241 e. The van der Waals surface area contributed by atoms with Crippen LogP contribution in [-0.4, -0.2) is 61.9 Å². The zero-order valence-electron chi connectivity index (χ0n) is 14.7. The minimum atomic E-state index is -0.371. The molecule has 1 fully saturated rings. The molecule has 1 aliphatic carbocycles. The van der Waals surface area contributed by atoms with E-state index < -0.39 is 0 Å². The van der Waals surface area contributed by atoms with Gasteiger partial charge in [0.15, 0.2) is 11.5 Å². The summed E-state index contributed by atoms with van der Waals surface area (Å²) in [6.07, 6.45) is 5.16. The fraction of sp³-hybridized carbons (Fsp3) is 0.526. The molecule has 132 valence electrons. The molecule has 1 amide bonds. The number of likely N-dealkylation sites (N-methyl/N-ethyl adjacent to an activating group) is 2. The first-order chi connectivity index (χ1) is 12.1. The predicted molar refractivity (Wildman–Crippen MR) is 90.6 cm³/mol. The second-order valence-corrected chi connectivity index (χ2v) is 7.45. The Morgan fingerprint density at radius 2 is 2.00 bits per heavy atom. The van der Waals surface area contributed by atoms with Crippen molar-refractivity contribution in [2.75, 3.05) is 28.0 Å². The van der Waals surface area contributed by atoms with Crippen LogP contribution in [0.5, 0.6) is 11.5 Å². The average Bonchev–Trinajstić information content (AvgIpc) is 3.15. The highest BCUT2D eigenvalue weighted by Crippen LogP contribution is 2.53. The molecule has 5 rings (SSSR count). The van der Waals surface area contributed by atoms with Crippen LogP contribution in [0.25, 0.3) is 0 Å². The summed E-state index contributed by atoms with van der Waals surface area (Å²) in [6, 6.07) is 4.05.